The van der Waals surface area contributed by atoms with Gasteiger partial charge in [-0.05, 0) is 40.3 Å². The number of benzene rings is 2. The summed E-state index contributed by atoms with van der Waals surface area (Å²) in [5, 5.41) is 9.73. The van der Waals surface area contributed by atoms with Crippen molar-refractivity contribution >= 4 is 0 Å². The lowest BCUT2D eigenvalue weighted by molar-refractivity contribution is 0.413. The standard InChI is InChI=1S/C17H18O.C2H6/c1-11(2)17(3)15-7-5-4-6-13(15)14-10-12(18)8-9-16(14)17;1-2/h4-11,18H,1-3H3;1-2H3. The Kier molecular flexibility index (Phi) is 3.89. The maximum absolute atomic E-state index is 9.73. The zero-order valence-electron chi connectivity index (χ0n) is 13.1. The van der Waals surface area contributed by atoms with Crippen LogP contribution >= 0.6 is 0 Å². The number of rotatable bonds is 1. The molecule has 1 unspecified atom stereocenters. The smallest absolute Gasteiger partial charge is 0.116 e. The van der Waals surface area contributed by atoms with Gasteiger partial charge in [0.1, 0.15) is 5.75 Å². The van der Waals surface area contributed by atoms with Crippen molar-refractivity contribution in [2.45, 2.75) is 40.0 Å². The zero-order valence-corrected chi connectivity index (χ0v) is 13.1. The van der Waals surface area contributed by atoms with Crippen LogP contribution in [0.4, 0.5) is 0 Å². The predicted octanol–water partition coefficient (Wildman–Crippen LogP) is 5.36. The fourth-order valence-corrected chi connectivity index (χ4v) is 3.15. The van der Waals surface area contributed by atoms with Crippen molar-refractivity contribution in [1.82, 2.24) is 0 Å². The Morgan fingerprint density at radius 3 is 2.15 bits per heavy atom. The highest BCUT2D eigenvalue weighted by atomic mass is 16.3. The largest absolute Gasteiger partial charge is 0.508 e. The van der Waals surface area contributed by atoms with Gasteiger partial charge in [-0.3, -0.25) is 0 Å². The van der Waals surface area contributed by atoms with E-state index in [1.54, 1.807) is 6.07 Å². The van der Waals surface area contributed by atoms with Crippen LogP contribution in [0, 0.1) is 5.92 Å². The molecule has 2 aromatic carbocycles. The van der Waals surface area contributed by atoms with Gasteiger partial charge in [0.15, 0.2) is 0 Å². The normalized spacial score (nSPS) is 19.1. The van der Waals surface area contributed by atoms with Crippen molar-refractivity contribution in [3.8, 4) is 16.9 Å². The van der Waals surface area contributed by atoms with Gasteiger partial charge in [0.25, 0.3) is 0 Å². The molecule has 0 radical (unpaired) electrons. The molecule has 3 rings (SSSR count). The quantitative estimate of drug-likeness (QED) is 0.738. The van der Waals surface area contributed by atoms with Crippen LogP contribution in [0.5, 0.6) is 5.75 Å². The summed E-state index contributed by atoms with van der Waals surface area (Å²) in [5.74, 6) is 0.862. The summed E-state index contributed by atoms with van der Waals surface area (Å²) in [6, 6.07) is 14.3. The second kappa shape index (κ2) is 5.32. The Labute approximate surface area is 122 Å². The van der Waals surface area contributed by atoms with E-state index >= 15 is 0 Å². The van der Waals surface area contributed by atoms with Crippen molar-refractivity contribution in [3.05, 3.63) is 53.6 Å². The van der Waals surface area contributed by atoms with Crippen molar-refractivity contribution in [1.29, 1.82) is 0 Å². The molecule has 106 valence electrons. The molecule has 1 nitrogen and oxygen atoms in total. The molecule has 1 N–H and O–H groups in total. The summed E-state index contributed by atoms with van der Waals surface area (Å²) < 4.78 is 0. The van der Waals surface area contributed by atoms with Gasteiger partial charge in [0, 0.05) is 5.41 Å². The van der Waals surface area contributed by atoms with E-state index in [2.05, 4.69) is 51.1 Å². The molecule has 0 aliphatic heterocycles. The van der Waals surface area contributed by atoms with E-state index in [9.17, 15) is 5.11 Å². The molecule has 1 heteroatoms. The van der Waals surface area contributed by atoms with Crippen LogP contribution in [-0.2, 0) is 5.41 Å². The molecular formula is C19H24O. The molecule has 0 spiro atoms. The number of phenolic OH excluding ortho intramolecular Hbond substituents is 1. The highest BCUT2D eigenvalue weighted by Gasteiger charge is 2.41. The number of aromatic hydroxyl groups is 1. The third kappa shape index (κ3) is 1.93. The van der Waals surface area contributed by atoms with E-state index < -0.39 is 0 Å². The average Bonchev–Trinajstić information content (AvgIpc) is 2.72. The number of hydrogen-bond donors (Lipinski definition) is 1. The minimum absolute atomic E-state index is 0.0413. The van der Waals surface area contributed by atoms with Gasteiger partial charge >= 0.3 is 0 Å². The van der Waals surface area contributed by atoms with Gasteiger partial charge in [-0.25, -0.2) is 0 Å². The second-order valence-corrected chi connectivity index (χ2v) is 5.63. The molecule has 0 aromatic heterocycles. The van der Waals surface area contributed by atoms with Crippen LogP contribution in [0.1, 0.15) is 45.7 Å². The van der Waals surface area contributed by atoms with Crippen molar-refractivity contribution in [3.63, 3.8) is 0 Å². The van der Waals surface area contributed by atoms with Gasteiger partial charge in [-0.1, -0.05) is 65.0 Å². The Morgan fingerprint density at radius 2 is 1.50 bits per heavy atom. The summed E-state index contributed by atoms with van der Waals surface area (Å²) in [7, 11) is 0. The molecule has 0 bridgehead atoms. The first-order chi connectivity index (χ1) is 9.55. The van der Waals surface area contributed by atoms with Gasteiger partial charge in [0.05, 0.1) is 0 Å². The van der Waals surface area contributed by atoms with Crippen LogP contribution in [0.15, 0.2) is 42.5 Å². The zero-order chi connectivity index (χ0) is 14.9. The van der Waals surface area contributed by atoms with Crippen molar-refractivity contribution in [2.75, 3.05) is 0 Å². The Bertz CT molecular complexity index is 613. The highest BCUT2D eigenvalue weighted by Crippen LogP contribution is 2.52. The monoisotopic (exact) mass is 268 g/mol. The maximum atomic E-state index is 9.73. The van der Waals surface area contributed by atoms with E-state index in [0.717, 1.165) is 0 Å². The average molecular weight is 268 g/mol. The topological polar surface area (TPSA) is 20.2 Å². The molecular weight excluding hydrogens is 244 g/mol. The number of phenols is 1. The van der Waals surface area contributed by atoms with Crippen LogP contribution in [-0.4, -0.2) is 5.11 Å². The Hall–Kier alpha value is -1.76. The van der Waals surface area contributed by atoms with Gasteiger partial charge < -0.3 is 5.11 Å². The first kappa shape index (κ1) is 14.6. The highest BCUT2D eigenvalue weighted by molar-refractivity contribution is 5.81. The fourth-order valence-electron chi connectivity index (χ4n) is 3.15. The van der Waals surface area contributed by atoms with Gasteiger partial charge in [-0.2, -0.15) is 0 Å². The second-order valence-electron chi connectivity index (χ2n) is 5.63. The lowest BCUT2D eigenvalue weighted by Crippen LogP contribution is -2.27. The van der Waals surface area contributed by atoms with Crippen molar-refractivity contribution in [2.24, 2.45) is 5.92 Å². The molecule has 1 aliphatic rings. The molecule has 0 saturated carbocycles. The lowest BCUT2D eigenvalue weighted by atomic mass is 9.71. The summed E-state index contributed by atoms with van der Waals surface area (Å²) in [4.78, 5) is 0. The fraction of sp³-hybridized carbons (Fsp3) is 0.368. The van der Waals surface area contributed by atoms with Crippen LogP contribution in [0.25, 0.3) is 11.1 Å². The first-order valence-electron chi connectivity index (χ1n) is 7.48. The Morgan fingerprint density at radius 1 is 0.900 bits per heavy atom. The predicted molar refractivity (Wildman–Crippen MR) is 86.2 cm³/mol. The number of fused-ring (bicyclic) bond motifs is 3. The summed E-state index contributed by atoms with van der Waals surface area (Å²) in [5.41, 5.74) is 5.19. The molecule has 1 aliphatic carbocycles. The van der Waals surface area contributed by atoms with E-state index in [0.29, 0.717) is 11.7 Å². The molecule has 0 amide bonds. The van der Waals surface area contributed by atoms with E-state index in [4.69, 9.17) is 0 Å². The molecule has 0 saturated heterocycles. The molecule has 0 fully saturated rings. The Balaban J connectivity index is 0.000000704. The molecule has 20 heavy (non-hydrogen) atoms. The van der Waals surface area contributed by atoms with E-state index in [1.807, 2.05) is 19.9 Å². The third-order valence-electron chi connectivity index (χ3n) is 4.49. The van der Waals surface area contributed by atoms with E-state index in [-0.39, 0.29) is 5.41 Å². The molecule has 2 aromatic rings. The van der Waals surface area contributed by atoms with Crippen molar-refractivity contribution < 1.29 is 5.11 Å². The summed E-state index contributed by atoms with van der Waals surface area (Å²) in [6.07, 6.45) is 0. The third-order valence-corrected chi connectivity index (χ3v) is 4.49. The minimum atomic E-state index is 0.0413. The van der Waals surface area contributed by atoms with Gasteiger partial charge in [0.2, 0.25) is 0 Å². The van der Waals surface area contributed by atoms with Crippen LogP contribution < -0.4 is 0 Å². The lowest BCUT2D eigenvalue weighted by Gasteiger charge is -2.31. The SMILES string of the molecule is CC.CC(C)C1(C)c2ccccc2-c2cc(O)ccc21. The van der Waals surface area contributed by atoms with Crippen LogP contribution in [0.3, 0.4) is 0 Å². The van der Waals surface area contributed by atoms with E-state index in [1.165, 1.54) is 22.3 Å². The minimum Gasteiger partial charge on any atom is -0.508 e. The summed E-state index contributed by atoms with van der Waals surface area (Å²) >= 11 is 0. The van der Waals surface area contributed by atoms with Gasteiger partial charge in [-0.15, -0.1) is 0 Å². The number of hydrogen-bond acceptors (Lipinski definition) is 1. The maximum Gasteiger partial charge on any atom is 0.116 e. The van der Waals surface area contributed by atoms with Crippen LogP contribution in [0.2, 0.25) is 0 Å². The first-order valence-corrected chi connectivity index (χ1v) is 7.48. The molecule has 0 heterocycles. The molecule has 1 atom stereocenters. The summed E-state index contributed by atoms with van der Waals surface area (Å²) in [6.45, 7) is 10.8.